The van der Waals surface area contributed by atoms with E-state index >= 15 is 0 Å². The molecular formula is C7H17NO2S. The first-order chi connectivity index (χ1) is 4.95. The number of hydrogen-bond acceptors (Lipinski definition) is 3. The smallest absolute Gasteiger partial charge is 0.154 e. The zero-order valence-electron chi connectivity index (χ0n) is 7.37. The van der Waals surface area contributed by atoms with Crippen LogP contribution < -0.4 is 5.73 Å². The highest BCUT2D eigenvalue weighted by atomic mass is 32.2. The molecule has 0 rings (SSSR count). The Bertz CT molecular complexity index is 198. The molecule has 3 nitrogen and oxygen atoms in total. The first-order valence-electron chi connectivity index (χ1n) is 3.92. The van der Waals surface area contributed by atoms with E-state index in [4.69, 9.17) is 5.73 Å². The number of rotatable bonds is 4. The van der Waals surface area contributed by atoms with Gasteiger partial charge in [-0.05, 0) is 13.3 Å². The van der Waals surface area contributed by atoms with Crippen LogP contribution in [0, 0.1) is 0 Å². The molecule has 0 aliphatic rings. The van der Waals surface area contributed by atoms with Gasteiger partial charge in [-0.2, -0.15) is 0 Å². The van der Waals surface area contributed by atoms with Gasteiger partial charge in [-0.3, -0.25) is 0 Å². The minimum atomic E-state index is -2.93. The van der Waals surface area contributed by atoms with Gasteiger partial charge in [-0.1, -0.05) is 13.8 Å². The van der Waals surface area contributed by atoms with Gasteiger partial charge in [-0.15, -0.1) is 0 Å². The Hall–Kier alpha value is -0.0900. The van der Waals surface area contributed by atoms with E-state index < -0.39 is 15.1 Å². The zero-order valence-corrected chi connectivity index (χ0v) is 8.19. The van der Waals surface area contributed by atoms with Crippen LogP contribution in [0.2, 0.25) is 0 Å². The number of nitrogens with two attached hydrogens (primary N) is 1. The summed E-state index contributed by atoms with van der Waals surface area (Å²) in [5.41, 5.74) is 5.60. The predicted octanol–water partition coefficient (Wildman–Crippen LogP) is 0.547. The summed E-state index contributed by atoms with van der Waals surface area (Å²) in [7, 11) is -2.93. The molecule has 0 aliphatic carbocycles. The molecule has 2 unspecified atom stereocenters. The zero-order chi connectivity index (χ0) is 9.07. The largest absolute Gasteiger partial charge is 0.327 e. The molecule has 0 spiro atoms. The summed E-state index contributed by atoms with van der Waals surface area (Å²) < 4.78 is 22.4. The SMILES string of the molecule is CCC(N)C(C)S(=O)(=O)CC. The van der Waals surface area contributed by atoms with Crippen molar-refractivity contribution in [1.82, 2.24) is 0 Å². The van der Waals surface area contributed by atoms with Gasteiger partial charge in [0.25, 0.3) is 0 Å². The van der Waals surface area contributed by atoms with Crippen molar-refractivity contribution < 1.29 is 8.42 Å². The molecular weight excluding hydrogens is 162 g/mol. The maximum atomic E-state index is 11.2. The average molecular weight is 179 g/mol. The normalized spacial score (nSPS) is 17.8. The van der Waals surface area contributed by atoms with Crippen LogP contribution in [0.3, 0.4) is 0 Å². The quantitative estimate of drug-likeness (QED) is 0.685. The van der Waals surface area contributed by atoms with Crippen molar-refractivity contribution in [2.45, 2.75) is 38.5 Å². The molecule has 0 aromatic heterocycles. The second kappa shape index (κ2) is 4.07. The van der Waals surface area contributed by atoms with Crippen LogP contribution in [0.25, 0.3) is 0 Å². The molecule has 0 saturated heterocycles. The van der Waals surface area contributed by atoms with E-state index in [-0.39, 0.29) is 11.8 Å². The monoisotopic (exact) mass is 179 g/mol. The lowest BCUT2D eigenvalue weighted by atomic mass is 10.2. The van der Waals surface area contributed by atoms with E-state index in [1.165, 1.54) is 0 Å². The Morgan fingerprint density at radius 1 is 1.36 bits per heavy atom. The van der Waals surface area contributed by atoms with E-state index in [1.807, 2.05) is 6.92 Å². The highest BCUT2D eigenvalue weighted by molar-refractivity contribution is 7.92. The van der Waals surface area contributed by atoms with Gasteiger partial charge in [0.2, 0.25) is 0 Å². The molecule has 11 heavy (non-hydrogen) atoms. The summed E-state index contributed by atoms with van der Waals surface area (Å²) in [4.78, 5) is 0. The van der Waals surface area contributed by atoms with Crippen LogP contribution in [0.5, 0.6) is 0 Å². The molecule has 0 heterocycles. The van der Waals surface area contributed by atoms with Crippen molar-refractivity contribution in [3.63, 3.8) is 0 Å². The molecule has 0 amide bonds. The first kappa shape index (κ1) is 10.9. The molecule has 68 valence electrons. The van der Waals surface area contributed by atoms with Crippen LogP contribution in [0.4, 0.5) is 0 Å². The molecule has 0 bridgehead atoms. The second-order valence-corrected chi connectivity index (χ2v) is 5.38. The topological polar surface area (TPSA) is 60.2 Å². The summed E-state index contributed by atoms with van der Waals surface area (Å²) in [6.07, 6.45) is 0.709. The number of hydrogen-bond donors (Lipinski definition) is 1. The Labute approximate surface area is 68.9 Å². The van der Waals surface area contributed by atoms with Crippen molar-refractivity contribution >= 4 is 9.84 Å². The van der Waals surface area contributed by atoms with Gasteiger partial charge in [0.15, 0.2) is 9.84 Å². The highest BCUT2D eigenvalue weighted by Gasteiger charge is 2.23. The summed E-state index contributed by atoms with van der Waals surface area (Å²) in [6, 6.07) is -0.222. The molecule has 0 saturated carbocycles. The third kappa shape index (κ3) is 2.79. The fourth-order valence-electron chi connectivity index (χ4n) is 0.861. The van der Waals surface area contributed by atoms with E-state index in [2.05, 4.69) is 0 Å². The molecule has 4 heteroatoms. The lowest BCUT2D eigenvalue weighted by molar-refractivity contribution is 0.553. The van der Waals surface area contributed by atoms with Crippen LogP contribution in [-0.4, -0.2) is 25.5 Å². The third-order valence-corrected chi connectivity index (χ3v) is 4.33. The molecule has 0 fully saturated rings. The summed E-state index contributed by atoms with van der Waals surface area (Å²) >= 11 is 0. The van der Waals surface area contributed by atoms with Crippen LogP contribution >= 0.6 is 0 Å². The minimum Gasteiger partial charge on any atom is -0.327 e. The summed E-state index contributed by atoms with van der Waals surface area (Å²) in [6.45, 7) is 5.22. The molecule has 0 aromatic rings. The maximum Gasteiger partial charge on any atom is 0.154 e. The van der Waals surface area contributed by atoms with Crippen molar-refractivity contribution in [3.8, 4) is 0 Å². The molecule has 0 aliphatic heterocycles. The minimum absolute atomic E-state index is 0.182. The van der Waals surface area contributed by atoms with Gasteiger partial charge >= 0.3 is 0 Å². The second-order valence-electron chi connectivity index (χ2n) is 2.73. The lowest BCUT2D eigenvalue weighted by Gasteiger charge is -2.17. The fraction of sp³-hybridized carbons (Fsp3) is 1.00. The highest BCUT2D eigenvalue weighted by Crippen LogP contribution is 2.07. The van der Waals surface area contributed by atoms with Gasteiger partial charge in [0.1, 0.15) is 0 Å². The van der Waals surface area contributed by atoms with Gasteiger partial charge < -0.3 is 5.73 Å². The van der Waals surface area contributed by atoms with Crippen LogP contribution in [-0.2, 0) is 9.84 Å². The number of sulfone groups is 1. The standard InChI is InChI=1S/C7H17NO2S/c1-4-7(8)6(3)11(9,10)5-2/h6-7H,4-5,8H2,1-3H3. The van der Waals surface area contributed by atoms with Crippen molar-refractivity contribution in [2.75, 3.05) is 5.75 Å². The van der Waals surface area contributed by atoms with Gasteiger partial charge in [0, 0.05) is 11.8 Å². The molecule has 0 radical (unpaired) electrons. The van der Waals surface area contributed by atoms with Crippen molar-refractivity contribution in [3.05, 3.63) is 0 Å². The fourth-order valence-corrected chi connectivity index (χ4v) is 2.11. The maximum absolute atomic E-state index is 11.2. The molecule has 0 aromatic carbocycles. The summed E-state index contributed by atoms with van der Waals surface area (Å²) in [5, 5.41) is -0.405. The summed E-state index contributed by atoms with van der Waals surface area (Å²) in [5.74, 6) is 0.182. The van der Waals surface area contributed by atoms with E-state index in [9.17, 15) is 8.42 Å². The Morgan fingerprint density at radius 3 is 2.09 bits per heavy atom. The Balaban J connectivity index is 4.36. The van der Waals surface area contributed by atoms with Crippen LogP contribution in [0.15, 0.2) is 0 Å². The van der Waals surface area contributed by atoms with E-state index in [0.717, 1.165) is 0 Å². The van der Waals surface area contributed by atoms with E-state index in [0.29, 0.717) is 6.42 Å². The van der Waals surface area contributed by atoms with Crippen molar-refractivity contribution in [1.29, 1.82) is 0 Å². The Kier molecular flexibility index (Phi) is 4.03. The van der Waals surface area contributed by atoms with Gasteiger partial charge in [-0.25, -0.2) is 8.42 Å². The predicted molar refractivity (Wildman–Crippen MR) is 47.2 cm³/mol. The third-order valence-electron chi connectivity index (χ3n) is 2.04. The van der Waals surface area contributed by atoms with Crippen molar-refractivity contribution in [2.24, 2.45) is 5.73 Å². The molecule has 2 N–H and O–H groups in total. The van der Waals surface area contributed by atoms with Gasteiger partial charge in [0.05, 0.1) is 5.25 Å². The van der Waals surface area contributed by atoms with E-state index in [1.54, 1.807) is 13.8 Å². The lowest BCUT2D eigenvalue weighted by Crippen LogP contribution is -2.38. The van der Waals surface area contributed by atoms with Crippen LogP contribution in [0.1, 0.15) is 27.2 Å². The Morgan fingerprint density at radius 2 is 1.82 bits per heavy atom. The average Bonchev–Trinajstić information content (AvgIpc) is 2.01. The molecule has 2 atom stereocenters. The first-order valence-corrected chi connectivity index (χ1v) is 5.64.